The summed E-state index contributed by atoms with van der Waals surface area (Å²) in [5, 5.41) is 0.363. The van der Waals surface area contributed by atoms with Crippen LogP contribution in [-0.4, -0.2) is 24.1 Å². The van der Waals surface area contributed by atoms with Crippen molar-refractivity contribution in [2.75, 3.05) is 18.6 Å². The molecule has 0 saturated heterocycles. The van der Waals surface area contributed by atoms with E-state index in [1.54, 1.807) is 12.1 Å². The first-order valence-corrected chi connectivity index (χ1v) is 8.14. The van der Waals surface area contributed by atoms with Gasteiger partial charge in [-0.05, 0) is 12.1 Å². The van der Waals surface area contributed by atoms with Crippen LogP contribution >= 0.6 is 11.3 Å². The SMILES string of the molecule is O=C(NNc1nc2cc3c(cc2s1)OCCO3)c1c(F)cccc1F. The third-order valence-electron chi connectivity index (χ3n) is 3.53. The van der Waals surface area contributed by atoms with Gasteiger partial charge >= 0.3 is 0 Å². The molecule has 0 radical (unpaired) electrons. The van der Waals surface area contributed by atoms with Gasteiger partial charge in [-0.2, -0.15) is 0 Å². The minimum absolute atomic E-state index is 0.363. The maximum Gasteiger partial charge on any atom is 0.275 e. The molecule has 2 aromatic carbocycles. The van der Waals surface area contributed by atoms with Crippen molar-refractivity contribution in [2.45, 2.75) is 0 Å². The molecule has 2 N–H and O–H groups in total. The highest BCUT2D eigenvalue weighted by Gasteiger charge is 2.18. The maximum absolute atomic E-state index is 13.6. The zero-order chi connectivity index (χ0) is 17.4. The lowest BCUT2D eigenvalue weighted by molar-refractivity contribution is 0.0954. The minimum Gasteiger partial charge on any atom is -0.486 e. The van der Waals surface area contributed by atoms with Crippen molar-refractivity contribution in [3.05, 3.63) is 47.5 Å². The van der Waals surface area contributed by atoms with Crippen LogP contribution in [0.5, 0.6) is 11.5 Å². The van der Waals surface area contributed by atoms with Crippen molar-refractivity contribution >= 4 is 32.6 Å². The molecule has 6 nitrogen and oxygen atoms in total. The van der Waals surface area contributed by atoms with E-state index in [-0.39, 0.29) is 0 Å². The van der Waals surface area contributed by atoms with E-state index in [0.29, 0.717) is 35.4 Å². The molecular formula is C16H11F2N3O3S. The van der Waals surface area contributed by atoms with E-state index in [0.717, 1.165) is 16.8 Å². The van der Waals surface area contributed by atoms with Crippen LogP contribution in [-0.2, 0) is 0 Å². The molecule has 0 fully saturated rings. The van der Waals surface area contributed by atoms with Gasteiger partial charge in [-0.25, -0.2) is 13.8 Å². The molecule has 9 heteroatoms. The number of amides is 1. The highest BCUT2D eigenvalue weighted by atomic mass is 32.1. The first kappa shape index (κ1) is 15.6. The zero-order valence-corrected chi connectivity index (χ0v) is 13.5. The quantitative estimate of drug-likeness (QED) is 0.700. The Morgan fingerprint density at radius 3 is 2.52 bits per heavy atom. The Morgan fingerprint density at radius 2 is 1.80 bits per heavy atom. The van der Waals surface area contributed by atoms with E-state index in [4.69, 9.17) is 9.47 Å². The summed E-state index contributed by atoms with van der Waals surface area (Å²) in [4.78, 5) is 16.3. The highest BCUT2D eigenvalue weighted by Crippen LogP contribution is 2.37. The highest BCUT2D eigenvalue weighted by molar-refractivity contribution is 7.22. The molecule has 4 rings (SSSR count). The molecule has 1 aliphatic heterocycles. The van der Waals surface area contributed by atoms with Crippen LogP contribution in [0, 0.1) is 11.6 Å². The van der Waals surface area contributed by atoms with Crippen molar-refractivity contribution in [1.82, 2.24) is 10.4 Å². The standard InChI is InChI=1S/C16H11F2N3O3S/c17-8-2-1-3-9(18)14(8)15(22)20-21-16-19-10-6-11-12(7-13(10)25-16)24-5-4-23-11/h1-3,6-7H,4-5H2,(H,19,21)(H,20,22). The number of hydrogen-bond donors (Lipinski definition) is 2. The zero-order valence-electron chi connectivity index (χ0n) is 12.6. The second kappa shape index (κ2) is 6.17. The normalized spacial score (nSPS) is 12.9. The van der Waals surface area contributed by atoms with E-state index in [9.17, 15) is 13.6 Å². The van der Waals surface area contributed by atoms with E-state index in [2.05, 4.69) is 15.8 Å². The van der Waals surface area contributed by atoms with E-state index < -0.39 is 23.1 Å². The molecule has 25 heavy (non-hydrogen) atoms. The summed E-state index contributed by atoms with van der Waals surface area (Å²) in [6.07, 6.45) is 0. The van der Waals surface area contributed by atoms with Gasteiger partial charge < -0.3 is 9.47 Å². The summed E-state index contributed by atoms with van der Waals surface area (Å²) >= 11 is 1.26. The Labute approximate surface area is 144 Å². The fourth-order valence-corrected chi connectivity index (χ4v) is 3.24. The van der Waals surface area contributed by atoms with Crippen molar-refractivity contribution in [2.24, 2.45) is 0 Å². The molecule has 0 bridgehead atoms. The molecule has 1 aromatic heterocycles. The summed E-state index contributed by atoms with van der Waals surface area (Å²) in [6.45, 7) is 0.949. The van der Waals surface area contributed by atoms with Crippen molar-refractivity contribution in [3.63, 3.8) is 0 Å². The molecule has 1 aliphatic rings. The van der Waals surface area contributed by atoms with Crippen LogP contribution in [0.15, 0.2) is 30.3 Å². The number of aromatic nitrogens is 1. The molecule has 0 unspecified atom stereocenters. The number of carbonyl (C=O) groups is 1. The number of nitrogens with zero attached hydrogens (tertiary/aromatic N) is 1. The third-order valence-corrected chi connectivity index (χ3v) is 4.46. The summed E-state index contributed by atoms with van der Waals surface area (Å²) in [5.41, 5.74) is 4.81. The van der Waals surface area contributed by atoms with Crippen molar-refractivity contribution in [3.8, 4) is 11.5 Å². The van der Waals surface area contributed by atoms with Crippen LogP contribution in [0.2, 0.25) is 0 Å². The number of hydrogen-bond acceptors (Lipinski definition) is 6. The van der Waals surface area contributed by atoms with Crippen LogP contribution in [0.3, 0.4) is 0 Å². The van der Waals surface area contributed by atoms with Gasteiger partial charge in [0, 0.05) is 12.1 Å². The van der Waals surface area contributed by atoms with Gasteiger partial charge in [-0.3, -0.25) is 15.6 Å². The van der Waals surface area contributed by atoms with Gasteiger partial charge in [0.1, 0.15) is 30.4 Å². The summed E-state index contributed by atoms with van der Waals surface area (Å²) in [6, 6.07) is 6.75. The van der Waals surface area contributed by atoms with Gasteiger partial charge in [0.05, 0.1) is 10.2 Å². The van der Waals surface area contributed by atoms with Crippen LogP contribution in [0.1, 0.15) is 10.4 Å². The number of rotatable bonds is 3. The monoisotopic (exact) mass is 363 g/mol. The van der Waals surface area contributed by atoms with Crippen molar-refractivity contribution < 1.29 is 23.0 Å². The molecule has 3 aromatic rings. The maximum atomic E-state index is 13.6. The summed E-state index contributed by atoms with van der Waals surface area (Å²) < 4.78 is 39.0. The number of benzene rings is 2. The van der Waals surface area contributed by atoms with Gasteiger partial charge in [0.15, 0.2) is 11.5 Å². The molecule has 0 saturated carbocycles. The Morgan fingerprint density at radius 1 is 1.12 bits per heavy atom. The number of nitrogens with one attached hydrogen (secondary N) is 2. The fourth-order valence-electron chi connectivity index (χ4n) is 2.41. The molecular weight excluding hydrogens is 352 g/mol. The second-order valence-corrected chi connectivity index (χ2v) is 6.19. The van der Waals surface area contributed by atoms with E-state index in [1.807, 2.05) is 0 Å². The van der Waals surface area contributed by atoms with Gasteiger partial charge in [0.2, 0.25) is 5.13 Å². The van der Waals surface area contributed by atoms with Gasteiger partial charge in [-0.1, -0.05) is 17.4 Å². The predicted octanol–water partition coefficient (Wildman–Crippen LogP) is 3.10. The number of fused-ring (bicyclic) bond motifs is 2. The van der Waals surface area contributed by atoms with Crippen LogP contribution in [0.4, 0.5) is 13.9 Å². The molecule has 0 spiro atoms. The Kier molecular flexibility index (Phi) is 3.85. The topological polar surface area (TPSA) is 72.5 Å². The number of carbonyl (C=O) groups excluding carboxylic acids is 1. The lowest BCUT2D eigenvalue weighted by Crippen LogP contribution is -2.30. The number of halogens is 2. The Hall–Kier alpha value is -2.94. The van der Waals surface area contributed by atoms with Crippen LogP contribution in [0.25, 0.3) is 10.2 Å². The molecule has 2 heterocycles. The average molecular weight is 363 g/mol. The molecule has 0 aliphatic carbocycles. The predicted molar refractivity (Wildman–Crippen MR) is 88.1 cm³/mol. The van der Waals surface area contributed by atoms with Gasteiger partial charge in [0.25, 0.3) is 5.91 Å². The number of thiazole rings is 1. The molecule has 1 amide bonds. The van der Waals surface area contributed by atoms with E-state index >= 15 is 0 Å². The second-order valence-electron chi connectivity index (χ2n) is 5.16. The first-order valence-electron chi connectivity index (χ1n) is 7.32. The Balaban J connectivity index is 1.54. The lowest BCUT2D eigenvalue weighted by atomic mass is 10.2. The largest absolute Gasteiger partial charge is 0.486 e. The minimum atomic E-state index is -0.939. The molecule has 0 atom stereocenters. The van der Waals surface area contributed by atoms with Gasteiger partial charge in [-0.15, -0.1) is 0 Å². The summed E-state index contributed by atoms with van der Waals surface area (Å²) in [7, 11) is 0. The molecule has 128 valence electrons. The van der Waals surface area contributed by atoms with E-state index in [1.165, 1.54) is 17.4 Å². The lowest BCUT2D eigenvalue weighted by Gasteiger charge is -2.17. The Bertz CT molecular complexity index is 913. The number of ether oxygens (including phenoxy) is 2. The average Bonchev–Trinajstić information content (AvgIpc) is 2.99. The first-order chi connectivity index (χ1) is 12.1. The number of anilines is 1. The van der Waals surface area contributed by atoms with Crippen LogP contribution < -0.4 is 20.3 Å². The third kappa shape index (κ3) is 2.93. The van der Waals surface area contributed by atoms with Crippen molar-refractivity contribution in [1.29, 1.82) is 0 Å². The summed E-state index contributed by atoms with van der Waals surface area (Å²) in [5.74, 6) is -1.57. The fraction of sp³-hybridized carbons (Fsp3) is 0.125. The number of hydrazine groups is 1. The smallest absolute Gasteiger partial charge is 0.275 e.